The summed E-state index contributed by atoms with van der Waals surface area (Å²) in [6.07, 6.45) is 1.25. The van der Waals surface area contributed by atoms with Crippen LogP contribution in [0.1, 0.15) is 33.6 Å². The van der Waals surface area contributed by atoms with Crippen LogP contribution in [0.25, 0.3) is 0 Å². The molecule has 2 unspecified atom stereocenters. The van der Waals surface area contributed by atoms with Crippen LogP contribution in [0.2, 0.25) is 0 Å². The molecule has 1 nitrogen and oxygen atoms in total. The monoisotopic (exact) mass is 257 g/mol. The summed E-state index contributed by atoms with van der Waals surface area (Å²) in [5.41, 5.74) is 1.47. The first-order chi connectivity index (χ1) is 8.84. The molecule has 1 fully saturated rings. The number of piperidine rings is 1. The number of rotatable bonds is 2. The van der Waals surface area contributed by atoms with Crippen LogP contribution >= 0.6 is 11.3 Å². The van der Waals surface area contributed by atoms with Crippen LogP contribution in [0.4, 0.5) is 0 Å². The number of thiophene rings is 1. The second-order valence-electron chi connectivity index (χ2n) is 5.06. The van der Waals surface area contributed by atoms with E-state index >= 15 is 0 Å². The summed E-state index contributed by atoms with van der Waals surface area (Å²) < 4.78 is 0. The van der Waals surface area contributed by atoms with Gasteiger partial charge in [-0.2, -0.15) is 0 Å². The lowest BCUT2D eigenvalue weighted by Gasteiger charge is -2.32. The molecule has 2 atom stereocenters. The average molecular weight is 257 g/mol. The molecule has 1 aromatic heterocycles. The smallest absolute Gasteiger partial charge is 0.00860 e. The molecule has 94 valence electrons. The Morgan fingerprint density at radius 2 is 1.89 bits per heavy atom. The van der Waals surface area contributed by atoms with Gasteiger partial charge in [0.2, 0.25) is 0 Å². The second kappa shape index (κ2) is 5.25. The first-order valence-corrected chi connectivity index (χ1v) is 7.48. The number of benzene rings is 1. The Bertz CT molecular complexity index is 503. The van der Waals surface area contributed by atoms with E-state index in [0.29, 0.717) is 11.8 Å². The number of hydrogen-bond acceptors (Lipinski definition) is 2. The van der Waals surface area contributed by atoms with Crippen molar-refractivity contribution in [3.8, 4) is 0 Å². The van der Waals surface area contributed by atoms with Crippen molar-refractivity contribution in [2.24, 2.45) is 0 Å². The fourth-order valence-corrected chi connectivity index (χ4v) is 3.98. The van der Waals surface area contributed by atoms with Gasteiger partial charge in [0.05, 0.1) is 0 Å². The minimum Gasteiger partial charge on any atom is -0.316 e. The zero-order valence-corrected chi connectivity index (χ0v) is 11.5. The number of nitrogens with one attached hydrogen (secondary N) is 1. The van der Waals surface area contributed by atoms with E-state index in [0.717, 1.165) is 13.1 Å². The van der Waals surface area contributed by atoms with Gasteiger partial charge in [-0.05, 0) is 37.6 Å². The molecule has 0 aliphatic carbocycles. The van der Waals surface area contributed by atoms with E-state index in [2.05, 4.69) is 54.7 Å². The zero-order chi connectivity index (χ0) is 12.4. The van der Waals surface area contributed by atoms with Gasteiger partial charge < -0.3 is 5.32 Å². The van der Waals surface area contributed by atoms with Gasteiger partial charge in [-0.15, -0.1) is 11.3 Å². The second-order valence-corrected chi connectivity index (χ2v) is 6.38. The van der Waals surface area contributed by atoms with Crippen molar-refractivity contribution in [3.63, 3.8) is 0 Å². The van der Waals surface area contributed by atoms with Gasteiger partial charge in [0.1, 0.15) is 0 Å². The fraction of sp³-hybridized carbons (Fsp3) is 0.375. The Hall–Kier alpha value is -1.12. The van der Waals surface area contributed by atoms with Crippen LogP contribution in [-0.4, -0.2) is 13.1 Å². The van der Waals surface area contributed by atoms with Gasteiger partial charge in [-0.3, -0.25) is 0 Å². The average Bonchev–Trinajstić information content (AvgIpc) is 2.86. The molecular weight excluding hydrogens is 238 g/mol. The summed E-state index contributed by atoms with van der Waals surface area (Å²) in [5.74, 6) is 1.31. The normalized spacial score (nSPS) is 24.1. The zero-order valence-electron chi connectivity index (χ0n) is 10.7. The Balaban J connectivity index is 1.91. The van der Waals surface area contributed by atoms with E-state index in [9.17, 15) is 0 Å². The van der Waals surface area contributed by atoms with Crippen molar-refractivity contribution in [1.82, 2.24) is 5.32 Å². The predicted octanol–water partition coefficient (Wildman–Crippen LogP) is 3.92. The molecule has 0 saturated carbocycles. The number of hydrogen-bond donors (Lipinski definition) is 1. The van der Waals surface area contributed by atoms with E-state index < -0.39 is 0 Å². The van der Waals surface area contributed by atoms with E-state index in [4.69, 9.17) is 0 Å². The van der Waals surface area contributed by atoms with Gasteiger partial charge in [0, 0.05) is 28.1 Å². The summed E-state index contributed by atoms with van der Waals surface area (Å²) in [6, 6.07) is 15.5. The SMILES string of the molecule is Cc1ccc(C2CCNCC2c2ccccc2)s1. The Morgan fingerprint density at radius 3 is 2.61 bits per heavy atom. The molecule has 1 saturated heterocycles. The molecule has 2 aromatic rings. The third kappa shape index (κ3) is 2.36. The van der Waals surface area contributed by atoms with Crippen molar-refractivity contribution >= 4 is 11.3 Å². The van der Waals surface area contributed by atoms with E-state index in [1.807, 2.05) is 11.3 Å². The Labute approximate surface area is 113 Å². The van der Waals surface area contributed by atoms with Crippen LogP contribution < -0.4 is 5.32 Å². The molecule has 2 heterocycles. The van der Waals surface area contributed by atoms with Crippen LogP contribution in [-0.2, 0) is 0 Å². The minimum absolute atomic E-state index is 0.623. The van der Waals surface area contributed by atoms with Crippen LogP contribution in [0.15, 0.2) is 42.5 Å². The molecule has 0 radical (unpaired) electrons. The third-order valence-corrected chi connectivity index (χ3v) is 4.97. The summed E-state index contributed by atoms with van der Waals surface area (Å²) in [5, 5.41) is 3.54. The maximum atomic E-state index is 3.54. The first kappa shape index (κ1) is 11.9. The Kier molecular flexibility index (Phi) is 3.48. The molecule has 0 amide bonds. The standard InChI is InChI=1S/C16H19NS/c1-12-7-8-16(18-12)14-9-10-17-11-15(14)13-5-3-2-4-6-13/h2-8,14-15,17H,9-11H2,1H3. The molecular formula is C16H19NS. The lowest BCUT2D eigenvalue weighted by Crippen LogP contribution is -2.33. The molecule has 1 aliphatic rings. The molecule has 1 N–H and O–H groups in total. The van der Waals surface area contributed by atoms with Crippen molar-refractivity contribution in [2.45, 2.75) is 25.2 Å². The maximum absolute atomic E-state index is 3.54. The van der Waals surface area contributed by atoms with Crippen molar-refractivity contribution < 1.29 is 0 Å². The fourth-order valence-electron chi connectivity index (χ4n) is 2.90. The van der Waals surface area contributed by atoms with Gasteiger partial charge in [-0.1, -0.05) is 30.3 Å². The lowest BCUT2D eigenvalue weighted by molar-refractivity contribution is 0.408. The van der Waals surface area contributed by atoms with Crippen molar-refractivity contribution in [2.75, 3.05) is 13.1 Å². The topological polar surface area (TPSA) is 12.0 Å². The first-order valence-electron chi connectivity index (χ1n) is 6.66. The van der Waals surface area contributed by atoms with Gasteiger partial charge in [0.15, 0.2) is 0 Å². The highest BCUT2D eigenvalue weighted by molar-refractivity contribution is 7.12. The van der Waals surface area contributed by atoms with Crippen LogP contribution in [0, 0.1) is 6.92 Å². The molecule has 0 spiro atoms. The van der Waals surface area contributed by atoms with Crippen molar-refractivity contribution in [1.29, 1.82) is 0 Å². The van der Waals surface area contributed by atoms with Crippen molar-refractivity contribution in [3.05, 3.63) is 57.8 Å². The highest BCUT2D eigenvalue weighted by atomic mass is 32.1. The van der Waals surface area contributed by atoms with E-state index in [-0.39, 0.29) is 0 Å². The molecule has 3 rings (SSSR count). The highest BCUT2D eigenvalue weighted by Crippen LogP contribution is 2.39. The molecule has 1 aromatic carbocycles. The molecule has 18 heavy (non-hydrogen) atoms. The van der Waals surface area contributed by atoms with Crippen LogP contribution in [0.5, 0.6) is 0 Å². The summed E-state index contributed by atoms with van der Waals surface area (Å²) in [7, 11) is 0. The molecule has 2 heteroatoms. The largest absolute Gasteiger partial charge is 0.316 e. The summed E-state index contributed by atoms with van der Waals surface area (Å²) >= 11 is 1.96. The molecule has 0 bridgehead atoms. The van der Waals surface area contributed by atoms with Crippen LogP contribution in [0.3, 0.4) is 0 Å². The van der Waals surface area contributed by atoms with E-state index in [1.54, 1.807) is 4.88 Å². The molecule has 1 aliphatic heterocycles. The Morgan fingerprint density at radius 1 is 1.06 bits per heavy atom. The lowest BCUT2D eigenvalue weighted by atomic mass is 9.80. The predicted molar refractivity (Wildman–Crippen MR) is 78.5 cm³/mol. The number of aryl methyl sites for hydroxylation is 1. The quantitative estimate of drug-likeness (QED) is 0.860. The van der Waals surface area contributed by atoms with Gasteiger partial charge in [0.25, 0.3) is 0 Å². The maximum Gasteiger partial charge on any atom is 0.00860 e. The highest BCUT2D eigenvalue weighted by Gasteiger charge is 2.28. The van der Waals surface area contributed by atoms with Gasteiger partial charge >= 0.3 is 0 Å². The summed E-state index contributed by atoms with van der Waals surface area (Å²) in [6.45, 7) is 4.45. The third-order valence-electron chi connectivity index (χ3n) is 3.84. The summed E-state index contributed by atoms with van der Waals surface area (Å²) in [4.78, 5) is 2.98. The van der Waals surface area contributed by atoms with Gasteiger partial charge in [-0.25, -0.2) is 0 Å². The minimum atomic E-state index is 0.623. The van der Waals surface area contributed by atoms with E-state index in [1.165, 1.54) is 16.9 Å².